The zero-order chi connectivity index (χ0) is 14.0. The molecule has 0 saturated heterocycles. The molecule has 2 aromatic carbocycles. The van der Waals surface area contributed by atoms with E-state index in [0.29, 0.717) is 16.5 Å². The maximum Gasteiger partial charge on any atom is 0.142 e. The summed E-state index contributed by atoms with van der Waals surface area (Å²) in [6.07, 6.45) is 0.412. The summed E-state index contributed by atoms with van der Waals surface area (Å²) >= 11 is 8.69. The lowest BCUT2D eigenvalue weighted by atomic mass is 9.99. The second-order valence-corrected chi connectivity index (χ2v) is 5.49. The lowest BCUT2D eigenvalue weighted by Crippen LogP contribution is -2.13. The third kappa shape index (κ3) is 3.53. The van der Waals surface area contributed by atoms with Gasteiger partial charge < -0.3 is 5.73 Å². The molecule has 5 heteroatoms. The van der Waals surface area contributed by atoms with Crippen molar-refractivity contribution in [2.24, 2.45) is 5.73 Å². The number of halogens is 4. The van der Waals surface area contributed by atoms with Gasteiger partial charge in [-0.05, 0) is 57.7 Å². The number of benzene rings is 2. The predicted molar refractivity (Wildman–Crippen MR) is 76.1 cm³/mol. The summed E-state index contributed by atoms with van der Waals surface area (Å²) < 4.78 is 27.1. The molecule has 19 heavy (non-hydrogen) atoms. The average Bonchev–Trinajstić information content (AvgIpc) is 2.37. The van der Waals surface area contributed by atoms with Gasteiger partial charge in [-0.3, -0.25) is 0 Å². The first-order valence-electron chi connectivity index (χ1n) is 5.62. The summed E-state index contributed by atoms with van der Waals surface area (Å²) in [6, 6.07) is 8.86. The van der Waals surface area contributed by atoms with Gasteiger partial charge in [0.15, 0.2) is 0 Å². The molecule has 0 saturated carbocycles. The third-order valence-electron chi connectivity index (χ3n) is 2.81. The van der Waals surface area contributed by atoms with Crippen LogP contribution in [-0.4, -0.2) is 0 Å². The molecule has 0 aromatic heterocycles. The summed E-state index contributed by atoms with van der Waals surface area (Å²) in [7, 11) is 0. The van der Waals surface area contributed by atoms with Crippen molar-refractivity contribution in [3.63, 3.8) is 0 Å². The van der Waals surface area contributed by atoms with Crippen LogP contribution in [0, 0.1) is 11.6 Å². The van der Waals surface area contributed by atoms with Crippen molar-refractivity contribution in [2.75, 3.05) is 0 Å². The van der Waals surface area contributed by atoms with E-state index in [0.717, 1.165) is 5.56 Å². The maximum atomic E-state index is 13.4. The molecule has 2 rings (SSSR count). The summed E-state index contributed by atoms with van der Waals surface area (Å²) in [6.45, 7) is 0. The molecule has 0 aliphatic rings. The lowest BCUT2D eigenvalue weighted by Gasteiger charge is -2.13. The second kappa shape index (κ2) is 5.99. The summed E-state index contributed by atoms with van der Waals surface area (Å²) in [5.41, 5.74) is 7.38. The first kappa shape index (κ1) is 14.4. The SMILES string of the molecule is NC(Cc1ccc(Cl)c(F)c1)c1ccc(Br)c(F)c1. The van der Waals surface area contributed by atoms with Crippen molar-refractivity contribution in [3.05, 3.63) is 68.7 Å². The normalized spacial score (nSPS) is 12.5. The van der Waals surface area contributed by atoms with Gasteiger partial charge >= 0.3 is 0 Å². The Morgan fingerprint density at radius 2 is 1.84 bits per heavy atom. The van der Waals surface area contributed by atoms with Crippen LogP contribution in [0.2, 0.25) is 5.02 Å². The van der Waals surface area contributed by atoms with E-state index < -0.39 is 11.9 Å². The van der Waals surface area contributed by atoms with Gasteiger partial charge in [0, 0.05) is 6.04 Å². The number of hydrogen-bond acceptors (Lipinski definition) is 1. The minimum atomic E-state index is -0.478. The van der Waals surface area contributed by atoms with Crippen LogP contribution in [0.4, 0.5) is 8.78 Å². The molecule has 1 nitrogen and oxygen atoms in total. The molecule has 2 N–H and O–H groups in total. The summed E-state index contributed by atoms with van der Waals surface area (Å²) in [5.74, 6) is -0.844. The van der Waals surface area contributed by atoms with Crippen molar-refractivity contribution >= 4 is 27.5 Å². The molecule has 1 unspecified atom stereocenters. The van der Waals surface area contributed by atoms with Gasteiger partial charge in [-0.15, -0.1) is 0 Å². The molecule has 1 atom stereocenters. The Kier molecular flexibility index (Phi) is 4.55. The van der Waals surface area contributed by atoms with Crippen LogP contribution in [0.25, 0.3) is 0 Å². The van der Waals surface area contributed by atoms with Crippen molar-refractivity contribution in [1.29, 1.82) is 0 Å². The van der Waals surface area contributed by atoms with E-state index in [1.54, 1.807) is 18.2 Å². The Morgan fingerprint density at radius 3 is 2.47 bits per heavy atom. The number of rotatable bonds is 3. The fourth-order valence-corrected chi connectivity index (χ4v) is 2.15. The standard InChI is InChI=1S/C14H11BrClF2N/c15-10-3-2-9(7-12(10)17)14(19)6-8-1-4-11(16)13(18)5-8/h1-5,7,14H,6,19H2. The summed E-state index contributed by atoms with van der Waals surface area (Å²) in [4.78, 5) is 0. The van der Waals surface area contributed by atoms with E-state index in [4.69, 9.17) is 17.3 Å². The zero-order valence-electron chi connectivity index (χ0n) is 9.84. The van der Waals surface area contributed by atoms with Gasteiger partial charge in [0.25, 0.3) is 0 Å². The van der Waals surface area contributed by atoms with Crippen LogP contribution in [0.5, 0.6) is 0 Å². The van der Waals surface area contributed by atoms with Gasteiger partial charge in [-0.1, -0.05) is 23.7 Å². The third-order valence-corrected chi connectivity index (χ3v) is 3.76. The van der Waals surface area contributed by atoms with Crippen LogP contribution >= 0.6 is 27.5 Å². The summed E-state index contributed by atoms with van der Waals surface area (Å²) in [5, 5.41) is 0.0759. The fraction of sp³-hybridized carbons (Fsp3) is 0.143. The predicted octanol–water partition coefficient (Wildman–Crippen LogP) is 4.62. The van der Waals surface area contributed by atoms with Crippen molar-refractivity contribution in [2.45, 2.75) is 12.5 Å². The molecule has 0 aliphatic heterocycles. The molecule has 2 aromatic rings. The van der Waals surface area contributed by atoms with Gasteiger partial charge in [0.05, 0.1) is 9.50 Å². The molecule has 0 aliphatic carbocycles. The highest BCUT2D eigenvalue weighted by Gasteiger charge is 2.11. The Balaban J connectivity index is 2.17. The average molecular weight is 347 g/mol. The van der Waals surface area contributed by atoms with Crippen LogP contribution in [0.15, 0.2) is 40.9 Å². The van der Waals surface area contributed by atoms with Gasteiger partial charge in [-0.25, -0.2) is 8.78 Å². The van der Waals surface area contributed by atoms with E-state index in [9.17, 15) is 8.78 Å². The van der Waals surface area contributed by atoms with Crippen LogP contribution in [-0.2, 0) is 6.42 Å². The van der Waals surface area contributed by atoms with Crippen molar-refractivity contribution in [1.82, 2.24) is 0 Å². The Morgan fingerprint density at radius 1 is 1.11 bits per heavy atom. The second-order valence-electron chi connectivity index (χ2n) is 4.23. The minimum Gasteiger partial charge on any atom is -0.324 e. The molecular weight excluding hydrogens is 336 g/mol. The van der Waals surface area contributed by atoms with E-state index in [2.05, 4.69) is 15.9 Å². The van der Waals surface area contributed by atoms with Gasteiger partial charge in [0.2, 0.25) is 0 Å². The maximum absolute atomic E-state index is 13.4. The van der Waals surface area contributed by atoms with Gasteiger partial charge in [0.1, 0.15) is 11.6 Å². The zero-order valence-corrected chi connectivity index (χ0v) is 12.2. The smallest absolute Gasteiger partial charge is 0.142 e. The van der Waals surface area contributed by atoms with Crippen LogP contribution in [0.3, 0.4) is 0 Å². The Labute approximate surface area is 123 Å². The van der Waals surface area contributed by atoms with Crippen LogP contribution < -0.4 is 5.73 Å². The quantitative estimate of drug-likeness (QED) is 0.862. The highest BCUT2D eigenvalue weighted by molar-refractivity contribution is 9.10. The van der Waals surface area contributed by atoms with Gasteiger partial charge in [-0.2, -0.15) is 0 Å². The van der Waals surface area contributed by atoms with Crippen molar-refractivity contribution in [3.8, 4) is 0 Å². The monoisotopic (exact) mass is 345 g/mol. The number of hydrogen-bond donors (Lipinski definition) is 1. The number of nitrogens with two attached hydrogens (primary N) is 1. The molecule has 0 radical (unpaired) electrons. The Hall–Kier alpha value is -0.970. The largest absolute Gasteiger partial charge is 0.324 e. The molecule has 0 fully saturated rings. The molecule has 0 heterocycles. The lowest BCUT2D eigenvalue weighted by molar-refractivity contribution is 0.609. The topological polar surface area (TPSA) is 26.0 Å². The molecule has 0 bridgehead atoms. The van der Waals surface area contributed by atoms with E-state index in [1.807, 2.05) is 0 Å². The van der Waals surface area contributed by atoms with E-state index in [-0.39, 0.29) is 10.8 Å². The molecule has 0 spiro atoms. The molecular formula is C14H11BrClF2N. The molecule has 0 amide bonds. The fourth-order valence-electron chi connectivity index (χ4n) is 1.78. The highest BCUT2D eigenvalue weighted by atomic mass is 79.9. The Bertz CT molecular complexity index is 604. The minimum absolute atomic E-state index is 0.0759. The first-order chi connectivity index (χ1) is 8.97. The van der Waals surface area contributed by atoms with Crippen molar-refractivity contribution < 1.29 is 8.78 Å². The van der Waals surface area contributed by atoms with Crippen LogP contribution in [0.1, 0.15) is 17.2 Å². The first-order valence-corrected chi connectivity index (χ1v) is 6.79. The van der Waals surface area contributed by atoms with E-state index >= 15 is 0 Å². The molecule has 100 valence electrons. The van der Waals surface area contributed by atoms with E-state index in [1.165, 1.54) is 18.2 Å². The highest BCUT2D eigenvalue weighted by Crippen LogP contribution is 2.23.